The maximum absolute atomic E-state index is 12.1. The van der Waals surface area contributed by atoms with Crippen LogP contribution < -0.4 is 10.6 Å². The molecule has 0 bridgehead atoms. The van der Waals surface area contributed by atoms with Crippen LogP contribution in [0, 0.1) is 0 Å². The van der Waals surface area contributed by atoms with Crippen LogP contribution in [-0.2, 0) is 10.2 Å². The molecule has 0 aliphatic carbocycles. The van der Waals surface area contributed by atoms with Crippen LogP contribution in [0.25, 0.3) is 22.2 Å². The molecule has 2 heterocycles. The average Bonchev–Trinajstić information content (AvgIpc) is 3.23. The van der Waals surface area contributed by atoms with Gasteiger partial charge in [-0.25, -0.2) is 0 Å². The second kappa shape index (κ2) is 7.05. The van der Waals surface area contributed by atoms with Gasteiger partial charge in [0.15, 0.2) is 5.82 Å². The SMILES string of the molecule is CC(C)(c1noc(-c2ccc3c(c2)NC(=O)CNC3=O)n1)c1cccc2ccccc12. The van der Waals surface area contributed by atoms with E-state index in [1.54, 1.807) is 18.2 Å². The molecule has 1 aliphatic heterocycles. The number of carbonyl (C=O) groups is 2. The minimum Gasteiger partial charge on any atom is -0.343 e. The normalized spacial score (nSPS) is 14.0. The maximum atomic E-state index is 12.1. The first-order valence-corrected chi connectivity index (χ1v) is 9.98. The van der Waals surface area contributed by atoms with E-state index in [0.29, 0.717) is 28.5 Å². The molecule has 7 heteroatoms. The summed E-state index contributed by atoms with van der Waals surface area (Å²) in [6.07, 6.45) is 0. The number of anilines is 1. The zero-order valence-electron chi connectivity index (χ0n) is 17.1. The molecule has 0 fully saturated rings. The highest BCUT2D eigenvalue weighted by atomic mass is 16.5. The zero-order valence-corrected chi connectivity index (χ0v) is 17.1. The van der Waals surface area contributed by atoms with Gasteiger partial charge in [0, 0.05) is 5.56 Å². The third-order valence-electron chi connectivity index (χ3n) is 5.64. The topological polar surface area (TPSA) is 97.1 Å². The fourth-order valence-electron chi connectivity index (χ4n) is 3.91. The molecule has 4 aromatic rings. The van der Waals surface area contributed by atoms with E-state index in [-0.39, 0.29) is 18.4 Å². The number of hydrogen-bond donors (Lipinski definition) is 2. The van der Waals surface area contributed by atoms with Crippen LogP contribution >= 0.6 is 0 Å². The van der Waals surface area contributed by atoms with Crippen molar-refractivity contribution in [2.75, 3.05) is 11.9 Å². The van der Waals surface area contributed by atoms with Gasteiger partial charge in [0.25, 0.3) is 11.8 Å². The van der Waals surface area contributed by atoms with Gasteiger partial charge >= 0.3 is 0 Å². The summed E-state index contributed by atoms with van der Waals surface area (Å²) in [6.45, 7) is 4.06. The molecular weight excluding hydrogens is 392 g/mol. The smallest absolute Gasteiger partial charge is 0.258 e. The van der Waals surface area contributed by atoms with Crippen molar-refractivity contribution in [2.45, 2.75) is 19.3 Å². The number of amides is 2. The molecule has 154 valence electrons. The summed E-state index contributed by atoms with van der Waals surface area (Å²) < 4.78 is 5.57. The number of rotatable bonds is 3. The molecule has 1 aliphatic rings. The van der Waals surface area contributed by atoms with E-state index in [9.17, 15) is 9.59 Å². The van der Waals surface area contributed by atoms with E-state index in [2.05, 4.69) is 58.9 Å². The molecule has 0 spiro atoms. The highest BCUT2D eigenvalue weighted by molar-refractivity contribution is 6.09. The van der Waals surface area contributed by atoms with E-state index in [4.69, 9.17) is 4.52 Å². The Bertz CT molecular complexity index is 1330. The van der Waals surface area contributed by atoms with Crippen LogP contribution in [0.1, 0.15) is 35.6 Å². The predicted molar refractivity (Wildman–Crippen MR) is 117 cm³/mol. The first-order valence-electron chi connectivity index (χ1n) is 9.98. The Hall–Kier alpha value is -4.00. The van der Waals surface area contributed by atoms with Gasteiger partial charge < -0.3 is 15.2 Å². The lowest BCUT2D eigenvalue weighted by Crippen LogP contribution is -2.28. The molecular formula is C24H20N4O3. The summed E-state index contributed by atoms with van der Waals surface area (Å²) in [4.78, 5) is 28.7. The van der Waals surface area contributed by atoms with Crippen molar-refractivity contribution >= 4 is 28.3 Å². The Morgan fingerprint density at radius 1 is 1.00 bits per heavy atom. The summed E-state index contributed by atoms with van der Waals surface area (Å²) in [5.74, 6) is 0.288. The Kier molecular flexibility index (Phi) is 4.32. The van der Waals surface area contributed by atoms with E-state index in [1.165, 1.54) is 0 Å². The number of aromatic nitrogens is 2. The first kappa shape index (κ1) is 19.0. The van der Waals surface area contributed by atoms with Crippen molar-refractivity contribution in [3.05, 3.63) is 77.6 Å². The quantitative estimate of drug-likeness (QED) is 0.532. The van der Waals surface area contributed by atoms with Crippen molar-refractivity contribution in [2.24, 2.45) is 0 Å². The van der Waals surface area contributed by atoms with Crippen LogP contribution in [0.5, 0.6) is 0 Å². The molecule has 0 atom stereocenters. The lowest BCUT2D eigenvalue weighted by Gasteiger charge is -2.23. The summed E-state index contributed by atoms with van der Waals surface area (Å²) in [5, 5.41) is 11.8. The fraction of sp³-hybridized carbons (Fsp3) is 0.167. The number of carbonyl (C=O) groups excluding carboxylic acids is 2. The Morgan fingerprint density at radius 2 is 1.81 bits per heavy atom. The van der Waals surface area contributed by atoms with E-state index >= 15 is 0 Å². The van der Waals surface area contributed by atoms with Gasteiger partial charge in [0.05, 0.1) is 23.2 Å². The zero-order chi connectivity index (χ0) is 21.6. The third kappa shape index (κ3) is 3.24. The van der Waals surface area contributed by atoms with Gasteiger partial charge in [-0.1, -0.05) is 47.6 Å². The van der Waals surface area contributed by atoms with Gasteiger partial charge in [-0.05, 0) is 48.4 Å². The lowest BCUT2D eigenvalue weighted by atomic mass is 9.81. The minimum absolute atomic E-state index is 0.0627. The van der Waals surface area contributed by atoms with Crippen LogP contribution in [0.2, 0.25) is 0 Å². The molecule has 0 saturated heterocycles. The molecule has 2 N–H and O–H groups in total. The van der Waals surface area contributed by atoms with Crippen molar-refractivity contribution in [1.82, 2.24) is 15.5 Å². The Morgan fingerprint density at radius 3 is 2.68 bits per heavy atom. The molecule has 31 heavy (non-hydrogen) atoms. The van der Waals surface area contributed by atoms with E-state index in [0.717, 1.165) is 16.3 Å². The maximum Gasteiger partial charge on any atom is 0.258 e. The lowest BCUT2D eigenvalue weighted by molar-refractivity contribution is -0.115. The molecule has 3 aromatic carbocycles. The Labute approximate surface area is 178 Å². The van der Waals surface area contributed by atoms with Gasteiger partial charge in [0.2, 0.25) is 5.91 Å². The summed E-state index contributed by atoms with van der Waals surface area (Å²) in [6, 6.07) is 19.5. The third-order valence-corrected chi connectivity index (χ3v) is 5.64. The number of hydrogen-bond acceptors (Lipinski definition) is 5. The largest absolute Gasteiger partial charge is 0.343 e. The molecule has 0 unspecified atom stereocenters. The van der Waals surface area contributed by atoms with Gasteiger partial charge in [-0.3, -0.25) is 9.59 Å². The van der Waals surface area contributed by atoms with Crippen LogP contribution in [0.15, 0.2) is 65.2 Å². The molecule has 2 amide bonds. The highest BCUT2D eigenvalue weighted by Gasteiger charge is 2.31. The Balaban J connectivity index is 1.54. The standard InChI is InChI=1S/C24H20N4O3/c1-24(2,18-9-5-7-14-6-3-4-8-16(14)18)23-27-22(31-28-23)15-10-11-17-19(12-15)26-20(29)13-25-21(17)30/h3-12H,13H2,1-2H3,(H,25,30)(H,26,29). The molecule has 0 saturated carbocycles. The van der Waals surface area contributed by atoms with Crippen LogP contribution in [0.4, 0.5) is 5.69 Å². The van der Waals surface area contributed by atoms with Crippen molar-refractivity contribution < 1.29 is 14.1 Å². The van der Waals surface area contributed by atoms with Crippen molar-refractivity contribution in [3.8, 4) is 11.5 Å². The van der Waals surface area contributed by atoms with Crippen molar-refractivity contribution in [3.63, 3.8) is 0 Å². The minimum atomic E-state index is -0.498. The first-order chi connectivity index (χ1) is 14.9. The van der Waals surface area contributed by atoms with Gasteiger partial charge in [-0.2, -0.15) is 4.98 Å². The summed E-state index contributed by atoms with van der Waals surface area (Å²) >= 11 is 0. The number of nitrogens with one attached hydrogen (secondary N) is 2. The molecule has 0 radical (unpaired) electrons. The van der Waals surface area contributed by atoms with Crippen molar-refractivity contribution in [1.29, 1.82) is 0 Å². The predicted octanol–water partition coefficient (Wildman–Crippen LogP) is 3.90. The molecule has 7 nitrogen and oxygen atoms in total. The number of benzene rings is 3. The van der Waals surface area contributed by atoms with Gasteiger partial charge in [-0.15, -0.1) is 0 Å². The number of nitrogens with zero attached hydrogens (tertiary/aromatic N) is 2. The van der Waals surface area contributed by atoms with Gasteiger partial charge in [0.1, 0.15) is 0 Å². The highest BCUT2D eigenvalue weighted by Crippen LogP contribution is 2.36. The average molecular weight is 412 g/mol. The summed E-state index contributed by atoms with van der Waals surface area (Å²) in [7, 11) is 0. The van der Waals surface area contributed by atoms with E-state index < -0.39 is 5.41 Å². The van der Waals surface area contributed by atoms with Crippen LogP contribution in [0.3, 0.4) is 0 Å². The number of fused-ring (bicyclic) bond motifs is 2. The summed E-state index contributed by atoms with van der Waals surface area (Å²) in [5.41, 5.74) is 2.04. The molecule has 1 aromatic heterocycles. The second-order valence-corrected chi connectivity index (χ2v) is 8.07. The van der Waals surface area contributed by atoms with Crippen LogP contribution in [-0.4, -0.2) is 28.5 Å². The fourth-order valence-corrected chi connectivity index (χ4v) is 3.91. The molecule has 5 rings (SSSR count). The monoisotopic (exact) mass is 412 g/mol. The van der Waals surface area contributed by atoms with E-state index in [1.807, 2.05) is 18.2 Å². The second-order valence-electron chi connectivity index (χ2n) is 8.07.